The molecule has 7 heteroatoms. The van der Waals surface area contributed by atoms with Gasteiger partial charge in [0.25, 0.3) is 0 Å². The molecule has 0 radical (unpaired) electrons. The highest BCUT2D eigenvalue weighted by Gasteiger charge is 2.14. The zero-order chi connectivity index (χ0) is 15.1. The molecule has 1 heterocycles. The van der Waals surface area contributed by atoms with Crippen LogP contribution in [0, 0.1) is 4.77 Å². The fourth-order valence-corrected chi connectivity index (χ4v) is 3.12. The van der Waals surface area contributed by atoms with E-state index >= 15 is 0 Å². The number of benzene rings is 2. The smallest absolute Gasteiger partial charge is 0.182 e. The van der Waals surface area contributed by atoms with Crippen LogP contribution in [0.2, 0.25) is 15.1 Å². The van der Waals surface area contributed by atoms with Gasteiger partial charge >= 0.3 is 0 Å². The first-order valence-electron chi connectivity index (χ1n) is 5.95. The lowest BCUT2D eigenvalue weighted by Gasteiger charge is -2.09. The first-order valence-corrected chi connectivity index (χ1v) is 7.50. The van der Waals surface area contributed by atoms with Crippen molar-refractivity contribution in [2.24, 2.45) is 0 Å². The van der Waals surface area contributed by atoms with Gasteiger partial charge in [-0.2, -0.15) is 0 Å². The molecule has 0 bridgehead atoms. The predicted octanol–water partition coefficient (Wildman–Crippen LogP) is 5.66. The maximum absolute atomic E-state index is 6.28. The summed E-state index contributed by atoms with van der Waals surface area (Å²) in [7, 11) is 1.61. The molecular weight excluding hydrogens is 351 g/mol. The molecule has 0 saturated heterocycles. The Bertz CT molecular complexity index is 901. The van der Waals surface area contributed by atoms with Gasteiger partial charge in [0.1, 0.15) is 11.3 Å². The molecule has 0 unspecified atom stereocenters. The molecule has 0 aliphatic rings. The standard InChI is InChI=1S/C14H9Cl3N2OS/c1-20-12-4-2-3-10-13(12)18-14(21)19(10)11-6-8(16)7(15)5-9(11)17/h2-6H,1H3,(H,18,21). The molecular formula is C14H9Cl3N2OS. The molecule has 0 aliphatic heterocycles. The largest absolute Gasteiger partial charge is 0.494 e. The minimum atomic E-state index is 0.398. The Morgan fingerprint density at radius 1 is 1.10 bits per heavy atom. The summed E-state index contributed by atoms with van der Waals surface area (Å²) in [5, 5.41) is 1.27. The van der Waals surface area contributed by atoms with E-state index in [0.717, 1.165) is 11.0 Å². The molecule has 21 heavy (non-hydrogen) atoms. The Morgan fingerprint density at radius 3 is 2.52 bits per heavy atom. The highest BCUT2D eigenvalue weighted by Crippen LogP contribution is 2.34. The van der Waals surface area contributed by atoms with Crippen molar-refractivity contribution >= 4 is 58.1 Å². The number of aromatic nitrogens is 2. The average molecular weight is 360 g/mol. The van der Waals surface area contributed by atoms with Gasteiger partial charge in [0.05, 0.1) is 33.4 Å². The second-order valence-corrected chi connectivity index (χ2v) is 5.95. The Labute approximate surface area is 141 Å². The molecule has 3 aromatic rings. The fourth-order valence-electron chi connectivity index (χ4n) is 2.20. The second-order valence-electron chi connectivity index (χ2n) is 4.34. The summed E-state index contributed by atoms with van der Waals surface area (Å²) in [6, 6.07) is 8.94. The predicted molar refractivity (Wildman–Crippen MR) is 90.0 cm³/mol. The van der Waals surface area contributed by atoms with Gasteiger partial charge in [0, 0.05) is 0 Å². The van der Waals surface area contributed by atoms with Crippen molar-refractivity contribution in [3.05, 3.63) is 50.2 Å². The molecule has 0 saturated carbocycles. The molecule has 0 amide bonds. The van der Waals surface area contributed by atoms with Crippen LogP contribution in [0.5, 0.6) is 5.75 Å². The van der Waals surface area contributed by atoms with Crippen molar-refractivity contribution in [3.63, 3.8) is 0 Å². The summed E-state index contributed by atoms with van der Waals surface area (Å²) < 4.78 is 7.63. The van der Waals surface area contributed by atoms with Gasteiger partial charge in [-0.05, 0) is 36.5 Å². The first-order chi connectivity index (χ1) is 10.0. The van der Waals surface area contributed by atoms with Crippen LogP contribution in [0.4, 0.5) is 0 Å². The highest BCUT2D eigenvalue weighted by molar-refractivity contribution is 7.71. The molecule has 0 fully saturated rings. The van der Waals surface area contributed by atoms with E-state index in [9.17, 15) is 0 Å². The maximum atomic E-state index is 6.28. The molecule has 1 aromatic heterocycles. The lowest BCUT2D eigenvalue weighted by atomic mass is 10.2. The Kier molecular flexibility index (Phi) is 3.88. The zero-order valence-corrected chi connectivity index (χ0v) is 13.9. The lowest BCUT2D eigenvalue weighted by Crippen LogP contribution is -1.95. The summed E-state index contributed by atoms with van der Waals surface area (Å²) in [5.74, 6) is 0.702. The molecule has 108 valence electrons. The molecule has 0 aliphatic carbocycles. The molecule has 3 rings (SSSR count). The van der Waals surface area contributed by atoms with Crippen molar-refractivity contribution in [2.45, 2.75) is 0 Å². The Balaban J connectivity index is 2.39. The summed E-state index contributed by atoms with van der Waals surface area (Å²) >= 11 is 23.7. The fraction of sp³-hybridized carbons (Fsp3) is 0.0714. The number of nitrogens with zero attached hydrogens (tertiary/aromatic N) is 1. The van der Waals surface area contributed by atoms with E-state index in [1.807, 2.05) is 18.2 Å². The number of hydrogen-bond donors (Lipinski definition) is 1. The van der Waals surface area contributed by atoms with E-state index in [1.54, 1.807) is 23.8 Å². The number of hydrogen-bond acceptors (Lipinski definition) is 2. The number of imidazole rings is 1. The van der Waals surface area contributed by atoms with E-state index < -0.39 is 0 Å². The number of fused-ring (bicyclic) bond motifs is 1. The SMILES string of the molecule is COc1cccc2c1[nH]c(=S)n2-c1cc(Cl)c(Cl)cc1Cl. The van der Waals surface area contributed by atoms with E-state index in [2.05, 4.69) is 4.98 Å². The molecule has 3 nitrogen and oxygen atoms in total. The average Bonchev–Trinajstić information content (AvgIpc) is 2.79. The number of ether oxygens (including phenoxy) is 1. The molecule has 0 atom stereocenters. The van der Waals surface area contributed by atoms with Gasteiger partial charge in [-0.3, -0.25) is 4.57 Å². The quantitative estimate of drug-likeness (QED) is 0.473. The van der Waals surface area contributed by atoms with Crippen LogP contribution in [-0.2, 0) is 0 Å². The molecule has 1 N–H and O–H groups in total. The van der Waals surface area contributed by atoms with Gasteiger partial charge < -0.3 is 9.72 Å². The number of aromatic amines is 1. The normalized spacial score (nSPS) is 11.0. The molecule has 2 aromatic carbocycles. The highest BCUT2D eigenvalue weighted by atomic mass is 35.5. The summed E-state index contributed by atoms with van der Waals surface area (Å²) in [6.45, 7) is 0. The third-order valence-electron chi connectivity index (χ3n) is 3.13. The summed E-state index contributed by atoms with van der Waals surface area (Å²) in [4.78, 5) is 3.12. The van der Waals surface area contributed by atoms with Gasteiger partial charge in [-0.25, -0.2) is 0 Å². The van der Waals surface area contributed by atoms with Gasteiger partial charge in [-0.1, -0.05) is 40.9 Å². The maximum Gasteiger partial charge on any atom is 0.182 e. The van der Waals surface area contributed by atoms with Crippen LogP contribution in [0.1, 0.15) is 0 Å². The first kappa shape index (κ1) is 14.7. The lowest BCUT2D eigenvalue weighted by molar-refractivity contribution is 0.419. The zero-order valence-electron chi connectivity index (χ0n) is 10.8. The van der Waals surface area contributed by atoms with Gasteiger partial charge in [-0.15, -0.1) is 0 Å². The van der Waals surface area contributed by atoms with Crippen LogP contribution in [-0.4, -0.2) is 16.7 Å². The van der Waals surface area contributed by atoms with Gasteiger partial charge in [0.2, 0.25) is 0 Å². The number of H-pyrrole nitrogens is 1. The summed E-state index contributed by atoms with van der Waals surface area (Å²) in [5.41, 5.74) is 2.31. The van der Waals surface area contributed by atoms with E-state index in [1.165, 1.54) is 0 Å². The number of nitrogens with one attached hydrogen (secondary N) is 1. The topological polar surface area (TPSA) is 29.9 Å². The third-order valence-corrected chi connectivity index (χ3v) is 4.44. The monoisotopic (exact) mass is 358 g/mol. The van der Waals surface area contributed by atoms with Crippen LogP contribution < -0.4 is 4.74 Å². The minimum Gasteiger partial charge on any atom is -0.494 e. The van der Waals surface area contributed by atoms with Crippen LogP contribution in [0.25, 0.3) is 16.7 Å². The van der Waals surface area contributed by atoms with Crippen molar-refractivity contribution in [1.29, 1.82) is 0 Å². The van der Waals surface area contributed by atoms with Crippen LogP contribution >= 0.6 is 47.0 Å². The second kappa shape index (κ2) is 5.54. The summed E-state index contributed by atoms with van der Waals surface area (Å²) in [6.07, 6.45) is 0. The Hall–Kier alpha value is -1.20. The molecule has 0 spiro atoms. The Morgan fingerprint density at radius 2 is 1.81 bits per heavy atom. The number of para-hydroxylation sites is 1. The number of methoxy groups -OCH3 is 1. The van der Waals surface area contributed by atoms with E-state index in [-0.39, 0.29) is 0 Å². The van der Waals surface area contributed by atoms with Crippen molar-refractivity contribution in [1.82, 2.24) is 9.55 Å². The van der Waals surface area contributed by atoms with Gasteiger partial charge in [0.15, 0.2) is 4.77 Å². The number of rotatable bonds is 2. The van der Waals surface area contributed by atoms with E-state index in [0.29, 0.717) is 31.3 Å². The van der Waals surface area contributed by atoms with E-state index in [4.69, 9.17) is 51.8 Å². The minimum absolute atomic E-state index is 0.398. The van der Waals surface area contributed by atoms with Crippen LogP contribution in [0.3, 0.4) is 0 Å². The third kappa shape index (κ3) is 2.42. The number of halogens is 3. The van der Waals surface area contributed by atoms with Crippen molar-refractivity contribution in [3.8, 4) is 11.4 Å². The van der Waals surface area contributed by atoms with Crippen molar-refractivity contribution < 1.29 is 4.74 Å². The van der Waals surface area contributed by atoms with Crippen molar-refractivity contribution in [2.75, 3.05) is 7.11 Å². The van der Waals surface area contributed by atoms with Crippen LogP contribution in [0.15, 0.2) is 30.3 Å².